The first-order chi connectivity index (χ1) is 12.5. The summed E-state index contributed by atoms with van der Waals surface area (Å²) in [6.07, 6.45) is 3.52. The zero-order valence-corrected chi connectivity index (χ0v) is 18.0. The largest absolute Gasteiger partial charge is 0.457 e. The highest BCUT2D eigenvalue weighted by molar-refractivity contribution is 9.38. The van der Waals surface area contributed by atoms with Crippen LogP contribution in [0.4, 0.5) is 0 Å². The average Bonchev–Trinajstić information content (AvgIpc) is 3.26. The lowest BCUT2D eigenvalue weighted by Gasteiger charge is -2.03. The molecule has 130 valence electrons. The summed E-state index contributed by atoms with van der Waals surface area (Å²) in [5, 5.41) is 8.96. The third-order valence-electron chi connectivity index (χ3n) is 3.72. The van der Waals surface area contributed by atoms with Gasteiger partial charge in [-0.1, -0.05) is 36.4 Å². The maximum atomic E-state index is 5.85. The minimum Gasteiger partial charge on any atom is -0.457 e. The zero-order chi connectivity index (χ0) is 18.1. The van der Waals surface area contributed by atoms with Crippen LogP contribution in [0, 0.1) is 0 Å². The van der Waals surface area contributed by atoms with Crippen molar-refractivity contribution >= 4 is 70.9 Å². The molecular formula is C19H11Br3N2O2. The van der Waals surface area contributed by atoms with Gasteiger partial charge in [0.15, 0.2) is 0 Å². The molecule has 7 heteroatoms. The van der Waals surface area contributed by atoms with E-state index in [1.54, 1.807) is 12.2 Å². The maximum absolute atomic E-state index is 5.85. The molecule has 0 aliphatic heterocycles. The van der Waals surface area contributed by atoms with Crippen molar-refractivity contribution in [1.29, 1.82) is 0 Å². The molecular weight excluding hydrogens is 528 g/mol. The van der Waals surface area contributed by atoms with Crippen molar-refractivity contribution in [2.45, 2.75) is 2.14 Å². The Balaban J connectivity index is 1.60. The van der Waals surface area contributed by atoms with E-state index in [0.717, 1.165) is 16.5 Å². The van der Waals surface area contributed by atoms with Gasteiger partial charge in [-0.3, -0.25) is 0 Å². The highest BCUT2D eigenvalue weighted by Gasteiger charge is 2.27. The summed E-state index contributed by atoms with van der Waals surface area (Å²) < 4.78 is 10.7. The highest BCUT2D eigenvalue weighted by Crippen LogP contribution is 2.43. The van der Waals surface area contributed by atoms with Gasteiger partial charge in [-0.15, -0.1) is 10.2 Å². The van der Waals surface area contributed by atoms with Gasteiger partial charge in [0, 0.05) is 11.5 Å². The predicted molar refractivity (Wildman–Crippen MR) is 113 cm³/mol. The molecule has 0 spiro atoms. The van der Waals surface area contributed by atoms with Crippen LogP contribution in [0.1, 0.15) is 17.5 Å². The summed E-state index contributed by atoms with van der Waals surface area (Å²) in [5.41, 5.74) is 3.16. The molecule has 2 aromatic carbocycles. The van der Waals surface area contributed by atoms with E-state index in [2.05, 4.69) is 82.3 Å². The molecule has 4 aromatic rings. The van der Waals surface area contributed by atoms with Crippen LogP contribution < -0.4 is 0 Å². The van der Waals surface area contributed by atoms with E-state index in [1.807, 2.05) is 30.3 Å². The average molecular weight is 539 g/mol. The smallest absolute Gasteiger partial charge is 0.255 e. The molecule has 4 nitrogen and oxygen atoms in total. The Hall–Kier alpha value is -1.70. The summed E-state index contributed by atoms with van der Waals surface area (Å²) in [6, 6.07) is 18.4. The fraction of sp³-hybridized carbons (Fsp3) is 0.0526. The first kappa shape index (κ1) is 17.7. The lowest BCUT2D eigenvalue weighted by Crippen LogP contribution is -1.97. The second kappa shape index (κ2) is 7.13. The van der Waals surface area contributed by atoms with Gasteiger partial charge in [0.1, 0.15) is 11.3 Å². The van der Waals surface area contributed by atoms with E-state index in [-0.39, 0.29) is 0 Å². The first-order valence-electron chi connectivity index (χ1n) is 7.67. The van der Waals surface area contributed by atoms with Crippen molar-refractivity contribution in [2.75, 3.05) is 0 Å². The summed E-state index contributed by atoms with van der Waals surface area (Å²) in [7, 11) is 0. The number of furan rings is 1. The second-order valence-electron chi connectivity index (χ2n) is 5.54. The molecule has 2 aromatic heterocycles. The monoisotopic (exact) mass is 536 g/mol. The Morgan fingerprint density at radius 3 is 2.35 bits per heavy atom. The molecule has 0 radical (unpaired) electrons. The predicted octanol–water partition coefficient (Wildman–Crippen LogP) is 6.95. The van der Waals surface area contributed by atoms with E-state index in [4.69, 9.17) is 8.83 Å². The van der Waals surface area contributed by atoms with Crippen molar-refractivity contribution < 1.29 is 8.83 Å². The van der Waals surface area contributed by atoms with Gasteiger partial charge < -0.3 is 8.83 Å². The van der Waals surface area contributed by atoms with E-state index in [9.17, 15) is 0 Å². The van der Waals surface area contributed by atoms with Crippen molar-refractivity contribution in [3.8, 4) is 11.1 Å². The fourth-order valence-electron chi connectivity index (χ4n) is 2.53. The van der Waals surface area contributed by atoms with Crippen LogP contribution in [0.5, 0.6) is 0 Å². The number of alkyl halides is 3. The van der Waals surface area contributed by atoms with Crippen molar-refractivity contribution in [3.63, 3.8) is 0 Å². The van der Waals surface area contributed by atoms with Gasteiger partial charge in [-0.25, -0.2) is 0 Å². The summed E-state index contributed by atoms with van der Waals surface area (Å²) in [6.45, 7) is 0. The molecule has 0 saturated heterocycles. The molecule has 0 fully saturated rings. The number of rotatable bonds is 3. The van der Waals surface area contributed by atoms with Crippen LogP contribution in [0.25, 0.3) is 34.2 Å². The minimum absolute atomic E-state index is 0.370. The van der Waals surface area contributed by atoms with Crippen molar-refractivity contribution in [1.82, 2.24) is 10.2 Å². The molecule has 2 heterocycles. The molecule has 26 heavy (non-hydrogen) atoms. The third-order valence-corrected chi connectivity index (χ3v) is 4.73. The molecule has 0 aliphatic rings. The SMILES string of the molecule is BrC(Br)(Br)c1nnc(C=Cc2cc3cc(-c4ccccc4)ccc3o2)o1. The number of fused-ring (bicyclic) bond motifs is 1. The molecule has 0 bridgehead atoms. The number of halogens is 3. The molecule has 0 atom stereocenters. The molecule has 0 N–H and O–H groups in total. The minimum atomic E-state index is -0.723. The Morgan fingerprint density at radius 1 is 0.808 bits per heavy atom. The van der Waals surface area contributed by atoms with Crippen LogP contribution in [0.2, 0.25) is 0 Å². The van der Waals surface area contributed by atoms with Gasteiger partial charge in [-0.05, 0) is 83.2 Å². The van der Waals surface area contributed by atoms with Gasteiger partial charge in [0.05, 0.1) is 0 Å². The summed E-state index contributed by atoms with van der Waals surface area (Å²) >= 11 is 10.0. The number of benzene rings is 2. The Labute approximate surface area is 174 Å². The van der Waals surface area contributed by atoms with Crippen LogP contribution in [0.3, 0.4) is 0 Å². The Kier molecular flexibility index (Phi) is 4.86. The molecule has 0 amide bonds. The third kappa shape index (κ3) is 3.84. The van der Waals surface area contributed by atoms with Crippen LogP contribution in [-0.4, -0.2) is 10.2 Å². The van der Waals surface area contributed by atoms with Gasteiger partial charge in [-0.2, -0.15) is 0 Å². The van der Waals surface area contributed by atoms with Gasteiger partial charge in [0.2, 0.25) is 8.03 Å². The summed E-state index contributed by atoms with van der Waals surface area (Å²) in [5.74, 6) is 1.47. The Morgan fingerprint density at radius 2 is 1.62 bits per heavy atom. The number of nitrogens with zero attached hydrogens (tertiary/aromatic N) is 2. The molecule has 0 aliphatic carbocycles. The first-order valence-corrected chi connectivity index (χ1v) is 10.0. The topological polar surface area (TPSA) is 52.1 Å². The normalized spacial score (nSPS) is 12.3. The van der Waals surface area contributed by atoms with E-state index in [1.165, 1.54) is 5.56 Å². The molecule has 0 saturated carbocycles. The number of hydrogen-bond acceptors (Lipinski definition) is 4. The molecule has 0 unspecified atom stereocenters. The van der Waals surface area contributed by atoms with Crippen LogP contribution in [0.15, 0.2) is 63.4 Å². The van der Waals surface area contributed by atoms with Gasteiger partial charge >= 0.3 is 0 Å². The van der Waals surface area contributed by atoms with Crippen LogP contribution in [-0.2, 0) is 2.14 Å². The maximum Gasteiger partial charge on any atom is 0.255 e. The molecule has 4 rings (SSSR count). The standard InChI is InChI=1S/C19H11Br3N2O2/c20-19(21,22)18-24-23-17(26-18)9-7-15-11-14-10-13(6-8-16(14)25-15)12-4-2-1-3-5-12/h1-11H. The number of aromatic nitrogens is 2. The summed E-state index contributed by atoms with van der Waals surface area (Å²) in [4.78, 5) is 0. The van der Waals surface area contributed by atoms with E-state index < -0.39 is 2.14 Å². The van der Waals surface area contributed by atoms with Crippen LogP contribution >= 0.6 is 47.8 Å². The highest BCUT2D eigenvalue weighted by atomic mass is 80.0. The van der Waals surface area contributed by atoms with Gasteiger partial charge in [0.25, 0.3) is 5.89 Å². The number of hydrogen-bond donors (Lipinski definition) is 0. The quantitative estimate of drug-likeness (QED) is 0.265. The second-order valence-corrected chi connectivity index (χ2v) is 12.3. The van der Waals surface area contributed by atoms with E-state index in [0.29, 0.717) is 17.5 Å². The Bertz CT molecular complexity index is 1080. The zero-order valence-electron chi connectivity index (χ0n) is 13.2. The lowest BCUT2D eigenvalue weighted by molar-refractivity contribution is 0.502. The van der Waals surface area contributed by atoms with E-state index >= 15 is 0 Å². The van der Waals surface area contributed by atoms with Crippen molar-refractivity contribution in [2.24, 2.45) is 0 Å². The fourth-order valence-corrected chi connectivity index (χ4v) is 3.01. The lowest BCUT2D eigenvalue weighted by atomic mass is 10.0. The van der Waals surface area contributed by atoms with Crippen molar-refractivity contribution in [3.05, 3.63) is 72.1 Å².